The third kappa shape index (κ3) is 1.98. The summed E-state index contributed by atoms with van der Waals surface area (Å²) in [5.74, 6) is 0.503. The molecule has 3 N–H and O–H groups in total. The van der Waals surface area contributed by atoms with Crippen molar-refractivity contribution in [2.24, 2.45) is 0 Å². The van der Waals surface area contributed by atoms with E-state index in [4.69, 9.17) is 22.1 Å². The maximum atomic E-state index is 5.95. The van der Waals surface area contributed by atoms with Gasteiger partial charge in [0.15, 0.2) is 5.82 Å². The van der Waals surface area contributed by atoms with E-state index in [0.717, 1.165) is 36.3 Å². The Labute approximate surface area is 110 Å². The Kier molecular flexibility index (Phi) is 2.97. The second kappa shape index (κ2) is 4.63. The average molecular weight is 264 g/mol. The van der Waals surface area contributed by atoms with Crippen LogP contribution in [0.3, 0.4) is 0 Å². The minimum absolute atomic E-state index is 0.0699. The number of hydrogen-bond acceptors (Lipinski definition) is 3. The molecule has 0 radical (unpaired) electrons. The van der Waals surface area contributed by atoms with Crippen LogP contribution in [0.5, 0.6) is 0 Å². The van der Waals surface area contributed by atoms with Crippen molar-refractivity contribution in [1.82, 2.24) is 10.2 Å². The van der Waals surface area contributed by atoms with Gasteiger partial charge in [-0.2, -0.15) is 5.10 Å². The molecule has 1 aliphatic heterocycles. The number of nitrogens with zero attached hydrogens (tertiary/aromatic N) is 1. The molecule has 2 aromatic rings. The highest BCUT2D eigenvalue weighted by molar-refractivity contribution is 6.30. The molecule has 1 atom stereocenters. The molecule has 3 rings (SSSR count). The van der Waals surface area contributed by atoms with E-state index >= 15 is 0 Å². The van der Waals surface area contributed by atoms with Gasteiger partial charge in [0.05, 0.1) is 11.8 Å². The van der Waals surface area contributed by atoms with E-state index in [2.05, 4.69) is 10.2 Å². The zero-order valence-electron chi connectivity index (χ0n) is 9.82. The van der Waals surface area contributed by atoms with E-state index in [-0.39, 0.29) is 6.10 Å². The number of benzene rings is 1. The molecule has 5 heteroatoms. The van der Waals surface area contributed by atoms with Crippen molar-refractivity contribution in [2.45, 2.75) is 18.9 Å². The van der Waals surface area contributed by atoms with Crippen LogP contribution < -0.4 is 5.73 Å². The Bertz CT molecular complexity index is 544. The Morgan fingerprint density at radius 3 is 2.78 bits per heavy atom. The maximum Gasteiger partial charge on any atom is 0.153 e. The van der Waals surface area contributed by atoms with Crippen LogP contribution in [0.1, 0.15) is 24.6 Å². The van der Waals surface area contributed by atoms with Crippen molar-refractivity contribution < 1.29 is 4.74 Å². The summed E-state index contributed by atoms with van der Waals surface area (Å²) in [6.07, 6.45) is 2.15. The molecule has 1 aromatic carbocycles. The van der Waals surface area contributed by atoms with Crippen LogP contribution >= 0.6 is 11.6 Å². The molecule has 18 heavy (non-hydrogen) atoms. The number of nitrogens with one attached hydrogen (secondary N) is 1. The third-order valence-electron chi connectivity index (χ3n) is 3.21. The summed E-state index contributed by atoms with van der Waals surface area (Å²) < 4.78 is 5.69. The summed E-state index contributed by atoms with van der Waals surface area (Å²) in [6.45, 7) is 0.795. The zero-order valence-corrected chi connectivity index (χ0v) is 10.6. The molecule has 0 aliphatic carbocycles. The molecular weight excluding hydrogens is 250 g/mol. The van der Waals surface area contributed by atoms with Gasteiger partial charge in [-0.1, -0.05) is 23.7 Å². The first-order chi connectivity index (χ1) is 8.75. The van der Waals surface area contributed by atoms with E-state index < -0.39 is 0 Å². The highest BCUT2D eigenvalue weighted by Gasteiger charge is 2.25. The van der Waals surface area contributed by atoms with Crippen LogP contribution in [0.25, 0.3) is 11.1 Å². The number of nitrogen functional groups attached to an aromatic ring is 1. The lowest BCUT2D eigenvalue weighted by Crippen LogP contribution is -1.99. The zero-order chi connectivity index (χ0) is 12.5. The summed E-state index contributed by atoms with van der Waals surface area (Å²) in [4.78, 5) is 0. The van der Waals surface area contributed by atoms with Gasteiger partial charge in [0.1, 0.15) is 0 Å². The number of anilines is 1. The summed E-state index contributed by atoms with van der Waals surface area (Å²) in [5, 5.41) is 7.80. The molecule has 0 bridgehead atoms. The summed E-state index contributed by atoms with van der Waals surface area (Å²) in [5.41, 5.74) is 8.85. The molecule has 94 valence electrons. The number of hydrogen-bond donors (Lipinski definition) is 2. The minimum atomic E-state index is 0.0699. The number of H-pyrrole nitrogens is 1. The Morgan fingerprint density at radius 1 is 1.33 bits per heavy atom. The quantitative estimate of drug-likeness (QED) is 0.875. The van der Waals surface area contributed by atoms with Gasteiger partial charge < -0.3 is 10.5 Å². The van der Waals surface area contributed by atoms with Crippen LogP contribution in [-0.2, 0) is 4.74 Å². The van der Waals surface area contributed by atoms with Gasteiger partial charge in [-0.05, 0) is 30.5 Å². The van der Waals surface area contributed by atoms with Crippen molar-refractivity contribution in [2.75, 3.05) is 12.3 Å². The molecule has 1 fully saturated rings. The Balaban J connectivity index is 2.04. The van der Waals surface area contributed by atoms with E-state index in [1.165, 1.54) is 0 Å². The van der Waals surface area contributed by atoms with E-state index in [1.54, 1.807) is 0 Å². The van der Waals surface area contributed by atoms with Gasteiger partial charge in [-0.15, -0.1) is 0 Å². The topological polar surface area (TPSA) is 63.9 Å². The fraction of sp³-hybridized carbons (Fsp3) is 0.308. The largest absolute Gasteiger partial charge is 0.382 e. The molecule has 0 amide bonds. The molecule has 1 aromatic heterocycles. The number of rotatable bonds is 2. The Morgan fingerprint density at radius 2 is 2.11 bits per heavy atom. The van der Waals surface area contributed by atoms with Crippen LogP contribution in [0.15, 0.2) is 24.3 Å². The molecule has 0 spiro atoms. The van der Waals surface area contributed by atoms with Crippen molar-refractivity contribution in [3.05, 3.63) is 35.0 Å². The lowest BCUT2D eigenvalue weighted by molar-refractivity contribution is 0.109. The SMILES string of the molecule is Nc1n[nH]c(C2CCCO2)c1-c1ccc(Cl)cc1. The van der Waals surface area contributed by atoms with E-state index in [9.17, 15) is 0 Å². The van der Waals surface area contributed by atoms with Gasteiger partial charge in [0, 0.05) is 17.2 Å². The Hall–Kier alpha value is -1.52. The minimum Gasteiger partial charge on any atom is -0.382 e. The monoisotopic (exact) mass is 263 g/mol. The number of aromatic nitrogens is 2. The molecule has 1 unspecified atom stereocenters. The maximum absolute atomic E-state index is 5.95. The lowest BCUT2D eigenvalue weighted by atomic mass is 10.0. The standard InChI is InChI=1S/C13H14ClN3O/c14-9-5-3-8(4-6-9)11-12(16-17-13(11)15)10-2-1-7-18-10/h3-6,10H,1-2,7H2,(H3,15,16,17). The fourth-order valence-electron chi connectivity index (χ4n) is 2.33. The molecular formula is C13H14ClN3O. The number of ether oxygens (including phenoxy) is 1. The van der Waals surface area contributed by atoms with Crippen LogP contribution in [0.2, 0.25) is 5.02 Å². The lowest BCUT2D eigenvalue weighted by Gasteiger charge is -2.10. The van der Waals surface area contributed by atoms with E-state index in [1.807, 2.05) is 24.3 Å². The first-order valence-electron chi connectivity index (χ1n) is 5.97. The smallest absolute Gasteiger partial charge is 0.153 e. The average Bonchev–Trinajstić information content (AvgIpc) is 2.99. The highest BCUT2D eigenvalue weighted by Crippen LogP contribution is 2.37. The van der Waals surface area contributed by atoms with Gasteiger partial charge >= 0.3 is 0 Å². The van der Waals surface area contributed by atoms with Crippen molar-refractivity contribution >= 4 is 17.4 Å². The predicted molar refractivity (Wildman–Crippen MR) is 71.4 cm³/mol. The number of aromatic amines is 1. The van der Waals surface area contributed by atoms with Crippen LogP contribution in [0, 0.1) is 0 Å². The predicted octanol–water partition coefficient (Wildman–Crippen LogP) is 3.16. The normalized spacial score (nSPS) is 19.3. The number of halogens is 1. The molecule has 1 saturated heterocycles. The van der Waals surface area contributed by atoms with Crippen molar-refractivity contribution in [3.8, 4) is 11.1 Å². The van der Waals surface area contributed by atoms with Gasteiger partial charge in [-0.25, -0.2) is 0 Å². The van der Waals surface area contributed by atoms with Crippen LogP contribution in [0.4, 0.5) is 5.82 Å². The molecule has 0 saturated carbocycles. The molecule has 2 heterocycles. The third-order valence-corrected chi connectivity index (χ3v) is 3.46. The van der Waals surface area contributed by atoms with Crippen LogP contribution in [-0.4, -0.2) is 16.8 Å². The van der Waals surface area contributed by atoms with Crippen molar-refractivity contribution in [3.63, 3.8) is 0 Å². The van der Waals surface area contributed by atoms with Gasteiger partial charge in [0.25, 0.3) is 0 Å². The first kappa shape index (κ1) is 11.6. The number of nitrogens with two attached hydrogens (primary N) is 1. The summed E-state index contributed by atoms with van der Waals surface area (Å²) >= 11 is 5.90. The second-order valence-electron chi connectivity index (χ2n) is 4.41. The van der Waals surface area contributed by atoms with Gasteiger partial charge in [0.2, 0.25) is 0 Å². The first-order valence-corrected chi connectivity index (χ1v) is 6.35. The second-order valence-corrected chi connectivity index (χ2v) is 4.84. The summed E-state index contributed by atoms with van der Waals surface area (Å²) in [7, 11) is 0. The van der Waals surface area contributed by atoms with Crippen molar-refractivity contribution in [1.29, 1.82) is 0 Å². The molecule has 1 aliphatic rings. The highest BCUT2D eigenvalue weighted by atomic mass is 35.5. The summed E-state index contributed by atoms with van der Waals surface area (Å²) in [6, 6.07) is 7.59. The fourth-order valence-corrected chi connectivity index (χ4v) is 2.45. The van der Waals surface area contributed by atoms with Gasteiger partial charge in [-0.3, -0.25) is 5.10 Å². The van der Waals surface area contributed by atoms with E-state index in [0.29, 0.717) is 10.8 Å². The molecule has 4 nitrogen and oxygen atoms in total.